The van der Waals surface area contributed by atoms with E-state index >= 15 is 0 Å². The summed E-state index contributed by atoms with van der Waals surface area (Å²) in [4.78, 5) is 12.2. The van der Waals surface area contributed by atoms with Gasteiger partial charge in [0.15, 0.2) is 0 Å². The van der Waals surface area contributed by atoms with Gasteiger partial charge in [-0.3, -0.25) is 4.79 Å². The lowest BCUT2D eigenvalue weighted by atomic mass is 10.3. The van der Waals surface area contributed by atoms with Crippen molar-refractivity contribution < 1.29 is 17.9 Å². The SMILES string of the molecule is Cc1sc(C(N)=O)cc1S(=O)(=O)N1CC(C)OC(C)C1. The highest BCUT2D eigenvalue weighted by Gasteiger charge is 2.34. The number of carbonyl (C=O) groups is 1. The largest absolute Gasteiger partial charge is 0.373 e. The van der Waals surface area contributed by atoms with Crippen LogP contribution in [-0.4, -0.2) is 43.9 Å². The highest BCUT2D eigenvalue weighted by molar-refractivity contribution is 7.89. The van der Waals surface area contributed by atoms with Gasteiger partial charge in [0.25, 0.3) is 5.91 Å². The molecule has 1 amide bonds. The predicted octanol–water partition coefficient (Wildman–Crippen LogP) is 0.953. The lowest BCUT2D eigenvalue weighted by Gasteiger charge is -2.34. The zero-order valence-corrected chi connectivity index (χ0v) is 13.3. The molecule has 1 aliphatic rings. The second-order valence-electron chi connectivity index (χ2n) is 4.97. The van der Waals surface area contributed by atoms with E-state index in [0.29, 0.717) is 18.0 Å². The summed E-state index contributed by atoms with van der Waals surface area (Å²) in [6, 6.07) is 1.36. The first-order valence-electron chi connectivity index (χ1n) is 6.27. The molecular weight excluding hydrogens is 300 g/mol. The van der Waals surface area contributed by atoms with Crippen molar-refractivity contribution in [3.05, 3.63) is 15.8 Å². The summed E-state index contributed by atoms with van der Waals surface area (Å²) in [6.45, 7) is 5.99. The number of primary amides is 1. The molecule has 112 valence electrons. The van der Waals surface area contributed by atoms with Crippen LogP contribution in [0.15, 0.2) is 11.0 Å². The second-order valence-corrected chi connectivity index (χ2v) is 8.14. The Morgan fingerprint density at radius 3 is 2.40 bits per heavy atom. The van der Waals surface area contributed by atoms with Crippen molar-refractivity contribution in [2.24, 2.45) is 5.73 Å². The number of sulfonamides is 1. The minimum absolute atomic E-state index is 0.150. The smallest absolute Gasteiger partial charge is 0.258 e. The number of morpholine rings is 1. The fourth-order valence-corrected chi connectivity index (χ4v) is 5.31. The maximum Gasteiger partial charge on any atom is 0.258 e. The third-order valence-corrected chi connectivity index (χ3v) is 6.27. The van der Waals surface area contributed by atoms with Crippen LogP contribution in [0.3, 0.4) is 0 Å². The molecule has 0 saturated carbocycles. The molecule has 0 aliphatic carbocycles. The van der Waals surface area contributed by atoms with Gasteiger partial charge in [-0.25, -0.2) is 8.42 Å². The maximum absolute atomic E-state index is 12.7. The van der Waals surface area contributed by atoms with Crippen molar-refractivity contribution in [2.75, 3.05) is 13.1 Å². The first-order chi connectivity index (χ1) is 9.21. The number of amides is 1. The molecule has 8 heteroatoms. The van der Waals surface area contributed by atoms with Crippen molar-refractivity contribution in [2.45, 2.75) is 37.9 Å². The Hall–Kier alpha value is -0.960. The third kappa shape index (κ3) is 2.88. The van der Waals surface area contributed by atoms with Gasteiger partial charge in [0.1, 0.15) is 0 Å². The molecule has 0 radical (unpaired) electrons. The summed E-state index contributed by atoms with van der Waals surface area (Å²) in [7, 11) is -3.62. The van der Waals surface area contributed by atoms with Gasteiger partial charge in [-0.15, -0.1) is 11.3 Å². The fraction of sp³-hybridized carbons (Fsp3) is 0.583. The molecule has 1 aromatic rings. The van der Waals surface area contributed by atoms with Crippen LogP contribution in [0.1, 0.15) is 28.4 Å². The number of nitrogens with zero attached hydrogens (tertiary/aromatic N) is 1. The number of nitrogens with two attached hydrogens (primary N) is 1. The third-order valence-electron chi connectivity index (χ3n) is 3.12. The molecule has 0 spiro atoms. The summed E-state index contributed by atoms with van der Waals surface area (Å²) in [5.74, 6) is -0.608. The Labute approximate surface area is 122 Å². The molecule has 1 aliphatic heterocycles. The normalized spacial score (nSPS) is 24.8. The Bertz CT molecular complexity index is 613. The minimum Gasteiger partial charge on any atom is -0.373 e. The van der Waals surface area contributed by atoms with E-state index in [1.54, 1.807) is 6.92 Å². The van der Waals surface area contributed by atoms with E-state index in [4.69, 9.17) is 10.5 Å². The average molecular weight is 318 g/mol. The van der Waals surface area contributed by atoms with Crippen molar-refractivity contribution in [3.8, 4) is 0 Å². The Morgan fingerprint density at radius 2 is 1.95 bits per heavy atom. The van der Waals surface area contributed by atoms with Gasteiger partial charge in [-0.2, -0.15) is 4.31 Å². The first kappa shape index (κ1) is 15.4. The highest BCUT2D eigenvalue weighted by atomic mass is 32.2. The van der Waals surface area contributed by atoms with Crippen LogP contribution in [0, 0.1) is 6.92 Å². The van der Waals surface area contributed by atoms with Gasteiger partial charge in [0.2, 0.25) is 10.0 Å². The molecule has 2 heterocycles. The molecule has 1 fully saturated rings. The van der Waals surface area contributed by atoms with Crippen LogP contribution in [0.25, 0.3) is 0 Å². The van der Waals surface area contributed by atoms with E-state index in [1.165, 1.54) is 10.4 Å². The summed E-state index contributed by atoms with van der Waals surface area (Å²) in [6.07, 6.45) is -0.300. The zero-order chi connectivity index (χ0) is 15.1. The molecule has 2 N–H and O–H groups in total. The minimum atomic E-state index is -3.62. The Kier molecular flexibility index (Phi) is 4.19. The molecule has 20 heavy (non-hydrogen) atoms. The number of hydrogen-bond donors (Lipinski definition) is 1. The van der Waals surface area contributed by atoms with Crippen LogP contribution in [-0.2, 0) is 14.8 Å². The van der Waals surface area contributed by atoms with E-state index in [-0.39, 0.29) is 22.0 Å². The summed E-state index contributed by atoms with van der Waals surface area (Å²) < 4.78 is 32.3. The topological polar surface area (TPSA) is 89.7 Å². The molecule has 6 nitrogen and oxygen atoms in total. The molecule has 0 bridgehead atoms. The average Bonchev–Trinajstić information content (AvgIpc) is 2.71. The van der Waals surface area contributed by atoms with Crippen LogP contribution < -0.4 is 5.73 Å². The molecule has 0 aromatic carbocycles. The van der Waals surface area contributed by atoms with Crippen LogP contribution in [0.2, 0.25) is 0 Å². The maximum atomic E-state index is 12.7. The Morgan fingerprint density at radius 1 is 1.40 bits per heavy atom. The van der Waals surface area contributed by atoms with Crippen molar-refractivity contribution >= 4 is 27.3 Å². The van der Waals surface area contributed by atoms with Crippen LogP contribution in [0.4, 0.5) is 0 Å². The number of ether oxygens (including phenoxy) is 1. The van der Waals surface area contributed by atoms with Crippen LogP contribution in [0.5, 0.6) is 0 Å². The van der Waals surface area contributed by atoms with E-state index in [2.05, 4.69) is 0 Å². The van der Waals surface area contributed by atoms with Gasteiger partial charge < -0.3 is 10.5 Å². The molecular formula is C12H18N2O4S2. The van der Waals surface area contributed by atoms with E-state index in [0.717, 1.165) is 11.3 Å². The molecule has 2 rings (SSSR count). The van der Waals surface area contributed by atoms with Crippen molar-refractivity contribution in [3.63, 3.8) is 0 Å². The molecule has 1 saturated heterocycles. The standard InChI is InChI=1S/C12H18N2O4S2/c1-7-5-14(6-8(2)18-7)20(16,17)11-4-10(12(13)15)19-9(11)3/h4,7-8H,5-6H2,1-3H3,(H2,13,15). The molecule has 2 unspecified atom stereocenters. The monoisotopic (exact) mass is 318 g/mol. The van der Waals surface area contributed by atoms with E-state index < -0.39 is 15.9 Å². The molecule has 1 aromatic heterocycles. The number of thiophene rings is 1. The second kappa shape index (κ2) is 5.44. The number of aryl methyl sites for hydroxylation is 1. The van der Waals surface area contributed by atoms with Crippen LogP contribution >= 0.6 is 11.3 Å². The van der Waals surface area contributed by atoms with Gasteiger partial charge in [0.05, 0.1) is 22.0 Å². The number of hydrogen-bond acceptors (Lipinski definition) is 5. The van der Waals surface area contributed by atoms with Gasteiger partial charge in [-0.1, -0.05) is 0 Å². The van der Waals surface area contributed by atoms with Gasteiger partial charge in [0, 0.05) is 18.0 Å². The predicted molar refractivity (Wildman–Crippen MR) is 76.3 cm³/mol. The zero-order valence-electron chi connectivity index (χ0n) is 11.6. The van der Waals surface area contributed by atoms with E-state index in [9.17, 15) is 13.2 Å². The highest BCUT2D eigenvalue weighted by Crippen LogP contribution is 2.29. The molecule has 2 atom stereocenters. The first-order valence-corrected chi connectivity index (χ1v) is 8.53. The van der Waals surface area contributed by atoms with Gasteiger partial charge >= 0.3 is 0 Å². The fourth-order valence-electron chi connectivity index (χ4n) is 2.31. The van der Waals surface area contributed by atoms with E-state index in [1.807, 2.05) is 13.8 Å². The lowest BCUT2D eigenvalue weighted by molar-refractivity contribution is -0.0440. The van der Waals surface area contributed by atoms with Gasteiger partial charge in [-0.05, 0) is 26.8 Å². The summed E-state index contributed by atoms with van der Waals surface area (Å²) >= 11 is 1.10. The van der Waals surface area contributed by atoms with Crippen molar-refractivity contribution in [1.82, 2.24) is 4.31 Å². The summed E-state index contributed by atoms with van der Waals surface area (Å²) in [5, 5.41) is 0. The number of rotatable bonds is 3. The Balaban J connectivity index is 2.37. The lowest BCUT2D eigenvalue weighted by Crippen LogP contribution is -2.48. The summed E-state index contributed by atoms with van der Waals surface area (Å²) in [5.41, 5.74) is 5.20. The quantitative estimate of drug-likeness (QED) is 0.898. The van der Waals surface area contributed by atoms with Crippen molar-refractivity contribution in [1.29, 1.82) is 0 Å². The number of carbonyl (C=O) groups excluding carboxylic acids is 1.